The Labute approximate surface area is 528 Å². The zero-order valence-corrected chi connectivity index (χ0v) is 57.8. The Morgan fingerprint density at radius 3 is 1.23 bits per heavy atom. The summed E-state index contributed by atoms with van der Waals surface area (Å²) in [6.07, 6.45) is 34.3. The zero-order chi connectivity index (χ0) is 58.9. The van der Waals surface area contributed by atoms with Crippen LogP contribution in [-0.4, -0.2) is 49.3 Å². The molecule has 2 saturated heterocycles. The molecule has 12 rings (SSSR count). The average Bonchev–Trinajstić information content (AvgIpc) is 4.41. The second-order valence-electron chi connectivity index (χ2n) is 23.1. The van der Waals surface area contributed by atoms with E-state index in [1.165, 1.54) is 101 Å². The Morgan fingerprint density at radius 1 is 0.470 bits per heavy atom. The SMILES string of the molecule is C1CCC([PH+](C2CCCCC2)C2CCCCC2)CC1.C=Cc1cccc2cccnc12.Cc1cc(C)c(N2[CH-]CCC2)c(C)c1.Cc1cc(C)c(N2[CH-]CCC2)c(C)c1.[Cl][Ru]([Cl])=[CH]c1cccc2cccnc12.[Cl][Ru]([Cl])=[CH]c1ccccc1. The third-order valence-electron chi connectivity index (χ3n) is 16.7. The topological polar surface area (TPSA) is 32.3 Å². The van der Waals surface area contributed by atoms with E-state index in [1.54, 1.807) is 109 Å². The molecule has 2 aliphatic heterocycles. The van der Waals surface area contributed by atoms with Crippen molar-refractivity contribution in [2.45, 2.75) is 181 Å². The molecule has 5 aliphatic rings. The number of rotatable bonds is 8. The molecule has 11 heteroatoms. The molecule has 2 aromatic heterocycles. The van der Waals surface area contributed by atoms with E-state index in [-0.39, 0.29) is 7.92 Å². The first-order valence-electron chi connectivity index (χ1n) is 30.5. The number of fused-ring (bicyclic) bond motifs is 2. The van der Waals surface area contributed by atoms with Gasteiger partial charge in [-0.2, -0.15) is 12.8 Å². The Kier molecular flexibility index (Phi) is 29.4. The number of halogens is 4. The van der Waals surface area contributed by atoms with Gasteiger partial charge in [-0.15, -0.1) is 0 Å². The third-order valence-corrected chi connectivity index (χ3v) is 25.0. The van der Waals surface area contributed by atoms with Gasteiger partial charge in [-0.25, -0.2) is 13.1 Å². The van der Waals surface area contributed by atoms with E-state index in [4.69, 9.17) is 38.8 Å². The predicted octanol–water partition coefficient (Wildman–Crippen LogP) is 21.9. The summed E-state index contributed by atoms with van der Waals surface area (Å²) in [7, 11) is 23.0. The summed E-state index contributed by atoms with van der Waals surface area (Å²) in [4.78, 5) is 13.4. The van der Waals surface area contributed by atoms with E-state index in [0.717, 1.165) is 38.5 Å². The van der Waals surface area contributed by atoms with Gasteiger partial charge in [0.2, 0.25) is 0 Å². The molecule has 0 spiro atoms. The van der Waals surface area contributed by atoms with Crippen molar-refractivity contribution < 1.29 is 27.0 Å². The Hall–Kier alpha value is -3.16. The van der Waals surface area contributed by atoms with Crippen LogP contribution in [0.3, 0.4) is 0 Å². The molecule has 4 nitrogen and oxygen atoms in total. The summed E-state index contributed by atoms with van der Waals surface area (Å²) in [6.45, 7) is 23.9. The molecule has 0 radical (unpaired) electrons. The maximum absolute atomic E-state index is 5.84. The number of nitrogens with zero attached hydrogens (tertiary/aromatic N) is 4. The Balaban J connectivity index is 0.000000145. The van der Waals surface area contributed by atoms with Gasteiger partial charge in [0.15, 0.2) is 0 Å². The van der Waals surface area contributed by atoms with Gasteiger partial charge in [0, 0.05) is 36.4 Å². The van der Waals surface area contributed by atoms with Crippen LogP contribution in [0.25, 0.3) is 27.9 Å². The minimum absolute atomic E-state index is 0.0465. The van der Waals surface area contributed by atoms with Crippen LogP contribution in [0.2, 0.25) is 0 Å². The molecule has 0 N–H and O–H groups in total. The molecule has 0 bridgehead atoms. The van der Waals surface area contributed by atoms with Gasteiger partial charge in [0.1, 0.15) is 0 Å². The van der Waals surface area contributed by atoms with Crippen molar-refractivity contribution >= 4 is 95.2 Å². The Morgan fingerprint density at radius 2 is 0.855 bits per heavy atom. The van der Waals surface area contributed by atoms with E-state index >= 15 is 0 Å². The van der Waals surface area contributed by atoms with Crippen LogP contribution in [0.4, 0.5) is 11.4 Å². The molecule has 450 valence electrons. The Bertz CT molecular complexity index is 2980. The molecule has 0 amide bonds. The maximum atomic E-state index is 5.84. The van der Waals surface area contributed by atoms with Crippen LogP contribution in [0.1, 0.15) is 172 Å². The molecule has 7 aromatic rings. The number of hydrogen-bond acceptors (Lipinski definition) is 4. The van der Waals surface area contributed by atoms with Crippen molar-refractivity contribution in [1.29, 1.82) is 0 Å². The van der Waals surface area contributed by atoms with E-state index in [1.807, 2.05) is 94.2 Å². The molecular weight excluding hydrogens is 1300 g/mol. The van der Waals surface area contributed by atoms with Crippen LogP contribution < -0.4 is 9.80 Å². The number of benzene rings is 5. The van der Waals surface area contributed by atoms with Crippen LogP contribution in [-0.2, 0) is 27.0 Å². The van der Waals surface area contributed by atoms with E-state index in [2.05, 4.69) is 117 Å². The first-order chi connectivity index (χ1) is 40.3. The monoisotopic (exact) mass is 1390 g/mol. The summed E-state index contributed by atoms with van der Waals surface area (Å²) in [5.74, 6) is 0. The summed E-state index contributed by atoms with van der Waals surface area (Å²) < 4.78 is 3.84. The number of pyridine rings is 2. The molecular formula is C72H92Cl4N4PRu2-. The predicted molar refractivity (Wildman–Crippen MR) is 366 cm³/mol. The number of anilines is 2. The molecule has 3 aliphatic carbocycles. The van der Waals surface area contributed by atoms with Gasteiger partial charge >= 0.3 is 169 Å². The van der Waals surface area contributed by atoms with Gasteiger partial charge < -0.3 is 9.80 Å². The summed E-state index contributed by atoms with van der Waals surface area (Å²) in [6, 6.07) is 39.0. The van der Waals surface area contributed by atoms with E-state index in [0.29, 0.717) is 0 Å². The molecule has 5 aromatic carbocycles. The molecule has 5 fully saturated rings. The van der Waals surface area contributed by atoms with Crippen molar-refractivity contribution in [2.24, 2.45) is 0 Å². The number of aromatic nitrogens is 2. The van der Waals surface area contributed by atoms with Crippen molar-refractivity contribution in [1.82, 2.24) is 9.97 Å². The fraction of sp³-hybridized carbons (Fsp3) is 0.417. The van der Waals surface area contributed by atoms with Crippen LogP contribution in [0, 0.1) is 54.6 Å². The summed E-state index contributed by atoms with van der Waals surface area (Å²) in [5.41, 5.74) is 20.1. The first kappa shape index (κ1) is 67.3. The zero-order valence-electron chi connectivity index (χ0n) is 50.3. The van der Waals surface area contributed by atoms with Gasteiger partial charge in [-0.3, -0.25) is 4.98 Å². The molecule has 0 unspecified atom stereocenters. The fourth-order valence-electron chi connectivity index (χ4n) is 13.4. The second kappa shape index (κ2) is 36.2. The number of hydrogen-bond donors (Lipinski definition) is 0. The normalized spacial score (nSPS) is 16.8. The average molecular weight is 1390 g/mol. The third kappa shape index (κ3) is 21.6. The minimum atomic E-state index is -1.76. The van der Waals surface area contributed by atoms with Gasteiger partial charge in [-0.05, 0) is 160 Å². The molecule has 3 saturated carbocycles. The van der Waals surface area contributed by atoms with Crippen molar-refractivity contribution in [3.8, 4) is 0 Å². The molecule has 4 heterocycles. The quantitative estimate of drug-likeness (QED) is 0.0862. The van der Waals surface area contributed by atoms with Gasteiger partial charge in [0.05, 0.1) is 22.5 Å². The van der Waals surface area contributed by atoms with Crippen molar-refractivity contribution in [2.75, 3.05) is 22.9 Å². The van der Waals surface area contributed by atoms with Crippen molar-refractivity contribution in [3.05, 3.63) is 197 Å². The summed E-state index contributed by atoms with van der Waals surface area (Å²) in [5, 5.41) is 2.28. The second-order valence-corrected chi connectivity index (χ2v) is 38.0. The standard InChI is InChI=1S/C18H33P.2C13H18N.C11H9N.C10H7N.C7H6.4ClH.2Ru/c1-4-10-16(11-5-1)19(17-12-6-2-7-13-17)18-14-8-3-9-15-18;2*1-10-8-11(2)13(12(3)9-10)14-6-4-5-7-14;1-2-9-5-3-6-10-7-4-8-12-11(9)10;1-8-4-2-5-9-6-3-7-11-10(8)9;1-7-5-3-2-4-6-7;;;;;;/h16-18H,1-15H2;2*6,8-9H,4-5,7H2,1-3H3;2-8H,1H2;1-7H;1-6H;4*1H;;/q;2*-1;;;;;;;;2*+2/p-3. The number of para-hydroxylation sites is 2. The fourth-order valence-corrected chi connectivity index (χ4v) is 22.2. The molecule has 83 heavy (non-hydrogen) atoms. The molecule has 0 atom stereocenters. The van der Waals surface area contributed by atoms with Crippen LogP contribution in [0.15, 0.2) is 134 Å². The van der Waals surface area contributed by atoms with Crippen LogP contribution in [0.5, 0.6) is 0 Å². The van der Waals surface area contributed by atoms with Crippen LogP contribution >= 0.6 is 46.7 Å². The first-order valence-corrected chi connectivity index (χ1v) is 43.2. The van der Waals surface area contributed by atoms with Gasteiger partial charge in [0.25, 0.3) is 0 Å². The van der Waals surface area contributed by atoms with E-state index < -0.39 is 27.0 Å². The van der Waals surface area contributed by atoms with Crippen molar-refractivity contribution in [3.63, 3.8) is 0 Å². The number of aryl methyl sites for hydroxylation is 6. The van der Waals surface area contributed by atoms with E-state index in [9.17, 15) is 0 Å². The summed E-state index contributed by atoms with van der Waals surface area (Å²) >= 11 is -3.38. The van der Waals surface area contributed by atoms with Gasteiger partial charge in [-0.1, -0.05) is 104 Å².